The molecular weight excluding hydrogens is 606 g/mol. The van der Waals surface area contributed by atoms with E-state index in [1.165, 1.54) is 4.52 Å². The molecule has 7 heteroatoms. The van der Waals surface area contributed by atoms with Crippen LogP contribution in [0.2, 0.25) is 0 Å². The topological polar surface area (TPSA) is 73.7 Å². The molecule has 0 atom stereocenters. The highest BCUT2D eigenvalue weighted by atomic mass is 16.2. The molecule has 0 saturated carbocycles. The molecule has 0 unspecified atom stereocenters. The van der Waals surface area contributed by atoms with Crippen LogP contribution in [-0.4, -0.2) is 23.6 Å². The fraction of sp³-hybridized carbons (Fsp3) is 0. The van der Waals surface area contributed by atoms with E-state index in [1.54, 1.807) is 4.52 Å². The number of aromatic nitrogens is 5. The van der Waals surface area contributed by atoms with Gasteiger partial charge in [-0.3, -0.25) is 9.59 Å². The van der Waals surface area contributed by atoms with Crippen molar-refractivity contribution in [3.8, 4) is 39.5 Å². The minimum absolute atomic E-state index is 0.205. The largest absolute Gasteiger partial charge is 0.309 e. The molecule has 4 aromatic heterocycles. The Morgan fingerprint density at radius 3 is 1.76 bits per heavy atom. The van der Waals surface area contributed by atoms with Crippen molar-refractivity contribution in [1.29, 1.82) is 0 Å². The second kappa shape index (κ2) is 10.3. The average molecular weight is 632 g/mol. The van der Waals surface area contributed by atoms with Gasteiger partial charge in [-0.25, -0.2) is 14.5 Å². The normalized spacial score (nSPS) is 11.8. The van der Waals surface area contributed by atoms with E-state index in [0.29, 0.717) is 27.9 Å². The highest BCUT2D eigenvalue weighted by Crippen LogP contribution is 2.36. The smallest absolute Gasteiger partial charge is 0.301 e. The summed E-state index contributed by atoms with van der Waals surface area (Å²) in [7, 11) is 0. The molecule has 0 aliphatic rings. The zero-order valence-electron chi connectivity index (χ0n) is 26.0. The summed E-state index contributed by atoms with van der Waals surface area (Å²) >= 11 is 0. The second-order valence-electron chi connectivity index (χ2n) is 12.2. The monoisotopic (exact) mass is 631 g/mol. The standard InChI is InChI=1S/C42H25N5O2/c48-41-33-25-29(28-20-22-35-32(24-28)31-18-10-11-19-34(31)45(35)30-16-8-3-9-17-30)21-23-36(33)46-39-37(26-12-4-1-5-13-26)43-40(27-14-6-2-7-15-27)44-38(39)42(49)47(41)46/h1-25H. The van der Waals surface area contributed by atoms with Crippen LogP contribution in [0.4, 0.5) is 0 Å². The van der Waals surface area contributed by atoms with Crippen molar-refractivity contribution in [2.45, 2.75) is 0 Å². The molecule has 10 aromatic rings. The van der Waals surface area contributed by atoms with Gasteiger partial charge in [-0.15, -0.1) is 0 Å². The maximum Gasteiger partial charge on any atom is 0.301 e. The molecule has 0 aliphatic heterocycles. The lowest BCUT2D eigenvalue weighted by Crippen LogP contribution is -2.21. The molecule has 0 fully saturated rings. The lowest BCUT2D eigenvalue weighted by Gasteiger charge is -2.08. The first-order valence-electron chi connectivity index (χ1n) is 16.1. The van der Waals surface area contributed by atoms with E-state index in [4.69, 9.17) is 9.97 Å². The SMILES string of the molecule is O=c1c2cc(-c3ccc4c(c3)c3ccccc3n4-c3ccccc3)ccc2n2c3c(-c4ccccc4)nc(-c4ccccc4)nc3c(=O)n12. The Morgan fingerprint density at radius 2 is 1.02 bits per heavy atom. The van der Waals surface area contributed by atoms with Gasteiger partial charge in [-0.05, 0) is 53.6 Å². The Hall–Kier alpha value is -6.86. The highest BCUT2D eigenvalue weighted by molar-refractivity contribution is 6.10. The predicted octanol–water partition coefficient (Wildman–Crippen LogP) is 8.39. The molecule has 4 heterocycles. The molecule has 7 nitrogen and oxygen atoms in total. The minimum Gasteiger partial charge on any atom is -0.309 e. The molecule has 230 valence electrons. The zero-order valence-corrected chi connectivity index (χ0v) is 26.0. The van der Waals surface area contributed by atoms with Gasteiger partial charge >= 0.3 is 5.56 Å². The van der Waals surface area contributed by atoms with Crippen molar-refractivity contribution >= 4 is 43.7 Å². The lowest BCUT2D eigenvalue weighted by atomic mass is 10.0. The molecule has 6 aromatic carbocycles. The Kier molecular flexibility index (Phi) is 5.74. The Labute approximate surface area is 278 Å². The van der Waals surface area contributed by atoms with Crippen LogP contribution in [-0.2, 0) is 0 Å². The Balaban J connectivity index is 1.21. The highest BCUT2D eigenvalue weighted by Gasteiger charge is 2.24. The van der Waals surface area contributed by atoms with E-state index in [1.807, 2.05) is 97.1 Å². The van der Waals surface area contributed by atoms with E-state index in [0.717, 1.165) is 49.7 Å². The van der Waals surface area contributed by atoms with E-state index in [2.05, 4.69) is 59.2 Å². The third-order valence-corrected chi connectivity index (χ3v) is 9.44. The first-order chi connectivity index (χ1) is 24.2. The fourth-order valence-corrected chi connectivity index (χ4v) is 7.21. The Morgan fingerprint density at radius 1 is 0.429 bits per heavy atom. The molecule has 0 spiro atoms. The van der Waals surface area contributed by atoms with E-state index < -0.39 is 5.56 Å². The number of benzene rings is 6. The lowest BCUT2D eigenvalue weighted by molar-refractivity contribution is 0.841. The van der Waals surface area contributed by atoms with Crippen LogP contribution >= 0.6 is 0 Å². The van der Waals surface area contributed by atoms with Crippen molar-refractivity contribution < 1.29 is 0 Å². The van der Waals surface area contributed by atoms with Crippen molar-refractivity contribution in [2.75, 3.05) is 0 Å². The molecular formula is C42H25N5O2. The summed E-state index contributed by atoms with van der Waals surface area (Å²) < 4.78 is 5.17. The molecule has 49 heavy (non-hydrogen) atoms. The summed E-state index contributed by atoms with van der Waals surface area (Å²) in [6, 6.07) is 50.3. The van der Waals surface area contributed by atoms with Gasteiger partial charge in [-0.1, -0.05) is 109 Å². The minimum atomic E-state index is -0.468. The van der Waals surface area contributed by atoms with Crippen molar-refractivity contribution in [2.24, 2.45) is 0 Å². The van der Waals surface area contributed by atoms with Gasteiger partial charge in [0.05, 0.1) is 21.9 Å². The van der Waals surface area contributed by atoms with Crippen LogP contribution < -0.4 is 11.1 Å². The van der Waals surface area contributed by atoms with Crippen LogP contribution in [0.5, 0.6) is 0 Å². The fourth-order valence-electron chi connectivity index (χ4n) is 7.21. The summed E-state index contributed by atoms with van der Waals surface area (Å²) in [4.78, 5) is 37.8. The third kappa shape index (κ3) is 3.96. The predicted molar refractivity (Wildman–Crippen MR) is 196 cm³/mol. The molecule has 10 rings (SSSR count). The summed E-state index contributed by atoms with van der Waals surface area (Å²) in [5.41, 5.74) is 7.88. The average Bonchev–Trinajstić information content (AvgIpc) is 3.77. The number of nitrogens with zero attached hydrogens (tertiary/aromatic N) is 5. The Bertz CT molecular complexity index is 3020. The van der Waals surface area contributed by atoms with Gasteiger partial charge in [-0.2, -0.15) is 4.52 Å². The molecule has 0 saturated heterocycles. The maximum atomic E-state index is 14.1. The number of hydrogen-bond acceptors (Lipinski definition) is 4. The van der Waals surface area contributed by atoms with Crippen LogP contribution in [0.25, 0.3) is 83.2 Å². The van der Waals surface area contributed by atoms with Gasteiger partial charge in [0.25, 0.3) is 5.56 Å². The summed E-state index contributed by atoms with van der Waals surface area (Å²) in [5, 5.41) is 2.73. The van der Waals surface area contributed by atoms with E-state index in [9.17, 15) is 9.59 Å². The van der Waals surface area contributed by atoms with Crippen LogP contribution in [0.15, 0.2) is 161 Å². The molecule has 0 bridgehead atoms. The quantitative estimate of drug-likeness (QED) is 0.196. The van der Waals surface area contributed by atoms with Gasteiger partial charge in [0.15, 0.2) is 11.3 Å². The summed E-state index contributed by atoms with van der Waals surface area (Å²) in [6.45, 7) is 0. The van der Waals surface area contributed by atoms with Crippen LogP contribution in [0.1, 0.15) is 0 Å². The van der Waals surface area contributed by atoms with E-state index >= 15 is 0 Å². The summed E-state index contributed by atoms with van der Waals surface area (Å²) in [5.74, 6) is 0.431. The van der Waals surface area contributed by atoms with E-state index in [-0.39, 0.29) is 11.1 Å². The number of hydrogen-bond donors (Lipinski definition) is 0. The first-order valence-corrected chi connectivity index (χ1v) is 16.1. The van der Waals surface area contributed by atoms with Gasteiger partial charge in [0.1, 0.15) is 11.2 Å². The van der Waals surface area contributed by atoms with Crippen molar-refractivity contribution in [1.82, 2.24) is 23.6 Å². The zero-order chi connectivity index (χ0) is 32.6. The maximum absolute atomic E-state index is 14.1. The van der Waals surface area contributed by atoms with Crippen LogP contribution in [0, 0.1) is 0 Å². The molecule has 0 amide bonds. The van der Waals surface area contributed by atoms with Gasteiger partial charge < -0.3 is 4.57 Å². The third-order valence-electron chi connectivity index (χ3n) is 9.44. The van der Waals surface area contributed by atoms with Gasteiger partial charge in [0.2, 0.25) is 0 Å². The summed E-state index contributed by atoms with van der Waals surface area (Å²) in [6.07, 6.45) is 0. The van der Waals surface area contributed by atoms with Gasteiger partial charge in [0, 0.05) is 27.6 Å². The van der Waals surface area contributed by atoms with Crippen molar-refractivity contribution in [3.63, 3.8) is 0 Å². The molecule has 0 radical (unpaired) electrons. The first kappa shape index (κ1) is 27.3. The number of rotatable bonds is 4. The second-order valence-corrected chi connectivity index (χ2v) is 12.2. The molecule has 0 aliphatic carbocycles. The molecule has 0 N–H and O–H groups in total. The number of fused-ring (bicyclic) bond motifs is 8. The number of para-hydroxylation sites is 2. The van der Waals surface area contributed by atoms with Crippen LogP contribution in [0.3, 0.4) is 0 Å². The van der Waals surface area contributed by atoms with Crippen molar-refractivity contribution in [3.05, 3.63) is 172 Å².